The van der Waals surface area contributed by atoms with Gasteiger partial charge in [-0.05, 0) is 48.4 Å². The molecule has 7 nitrogen and oxygen atoms in total. The molecule has 8 heteroatoms. The lowest BCUT2D eigenvalue weighted by Gasteiger charge is -2.22. The molecule has 178 valence electrons. The molecule has 0 fully saturated rings. The van der Waals surface area contributed by atoms with Gasteiger partial charge in [-0.15, -0.1) is 0 Å². The monoisotopic (exact) mass is 482 g/mol. The normalized spacial score (nSPS) is 14.9. The van der Waals surface area contributed by atoms with E-state index >= 15 is 0 Å². The maximum Gasteiger partial charge on any atom is 0.296 e. The second-order valence-corrected chi connectivity index (χ2v) is 8.53. The van der Waals surface area contributed by atoms with Crippen LogP contribution >= 0.6 is 0 Å². The zero-order chi connectivity index (χ0) is 24.8. The van der Waals surface area contributed by atoms with E-state index in [0.29, 0.717) is 23.7 Å². The number of ether oxygens (including phenoxy) is 1. The molecule has 0 saturated heterocycles. The summed E-state index contributed by atoms with van der Waals surface area (Å²) >= 11 is 0. The van der Waals surface area contributed by atoms with Crippen LogP contribution in [-0.4, -0.2) is 11.1 Å². The minimum absolute atomic E-state index is 0.0567. The van der Waals surface area contributed by atoms with Gasteiger partial charge in [0.1, 0.15) is 29.5 Å². The zero-order valence-electron chi connectivity index (χ0n) is 19.1. The van der Waals surface area contributed by atoms with Crippen LogP contribution in [0.2, 0.25) is 0 Å². The van der Waals surface area contributed by atoms with Crippen LogP contribution in [0.5, 0.6) is 5.75 Å². The van der Waals surface area contributed by atoms with Crippen molar-refractivity contribution in [2.24, 2.45) is 0 Å². The minimum Gasteiger partial charge on any atom is -0.489 e. The summed E-state index contributed by atoms with van der Waals surface area (Å²) in [5.74, 6) is 0.0707. The first-order valence-corrected chi connectivity index (χ1v) is 11.3. The number of hydrogen-bond donors (Lipinski definition) is 0. The molecule has 1 aliphatic heterocycles. The van der Waals surface area contributed by atoms with Crippen LogP contribution in [0.3, 0.4) is 0 Å². The van der Waals surface area contributed by atoms with Gasteiger partial charge in [0.25, 0.3) is 5.91 Å². The van der Waals surface area contributed by atoms with Crippen molar-refractivity contribution in [1.82, 2.24) is 5.16 Å². The fourth-order valence-corrected chi connectivity index (χ4v) is 4.48. The van der Waals surface area contributed by atoms with E-state index in [9.17, 15) is 14.0 Å². The van der Waals surface area contributed by atoms with E-state index in [-0.39, 0.29) is 28.1 Å². The number of carbonyl (C=O) groups excluding carboxylic acids is 1. The standard InChI is InChI=1S/C28H19FN2O5/c1-16-12-23(30-36-16)31-25(18-8-5-9-20(13-18)34-15-17-6-3-2-4-7-17)24-26(32)21-14-19(29)10-11-22(21)35-27(24)28(31)33/h2-14,25H,15H2,1H3/t25-/m1/s1. The molecular weight excluding hydrogens is 463 g/mol. The molecule has 0 unspecified atom stereocenters. The van der Waals surface area contributed by atoms with Crippen LogP contribution in [0.25, 0.3) is 11.0 Å². The summed E-state index contributed by atoms with van der Waals surface area (Å²) in [6.45, 7) is 2.06. The van der Waals surface area contributed by atoms with Crippen LogP contribution in [0.15, 0.2) is 92.6 Å². The topological polar surface area (TPSA) is 85.8 Å². The lowest BCUT2D eigenvalue weighted by molar-refractivity contribution is 0.0969. The fourth-order valence-electron chi connectivity index (χ4n) is 4.48. The fraction of sp³-hybridized carbons (Fsp3) is 0.107. The number of hydrogen-bond acceptors (Lipinski definition) is 6. The molecule has 6 rings (SSSR count). The highest BCUT2D eigenvalue weighted by Gasteiger charge is 2.45. The molecule has 0 saturated carbocycles. The third-order valence-electron chi connectivity index (χ3n) is 6.12. The average molecular weight is 482 g/mol. The van der Waals surface area contributed by atoms with Crippen molar-refractivity contribution in [3.05, 3.63) is 123 Å². The van der Waals surface area contributed by atoms with Gasteiger partial charge in [-0.3, -0.25) is 14.5 Å². The predicted octanol–water partition coefficient (Wildman–Crippen LogP) is 5.56. The van der Waals surface area contributed by atoms with Crippen LogP contribution in [0.4, 0.5) is 10.2 Å². The average Bonchev–Trinajstić information content (AvgIpc) is 3.45. The largest absolute Gasteiger partial charge is 0.489 e. The molecule has 1 aliphatic rings. The van der Waals surface area contributed by atoms with E-state index in [2.05, 4.69) is 5.16 Å². The summed E-state index contributed by atoms with van der Waals surface area (Å²) in [6, 6.07) is 21.2. The van der Waals surface area contributed by atoms with Crippen LogP contribution in [0, 0.1) is 12.7 Å². The predicted molar refractivity (Wildman–Crippen MR) is 130 cm³/mol. The van der Waals surface area contributed by atoms with Gasteiger partial charge in [0.05, 0.1) is 17.0 Å². The van der Waals surface area contributed by atoms with Crippen molar-refractivity contribution < 1.29 is 22.9 Å². The second kappa shape index (κ2) is 8.49. The summed E-state index contributed by atoms with van der Waals surface area (Å²) in [7, 11) is 0. The summed E-state index contributed by atoms with van der Waals surface area (Å²) in [6.07, 6.45) is 0. The Kier molecular flexibility index (Phi) is 5.14. The number of aromatic nitrogens is 1. The van der Waals surface area contributed by atoms with E-state index in [1.54, 1.807) is 37.3 Å². The van der Waals surface area contributed by atoms with Gasteiger partial charge in [0.2, 0.25) is 5.76 Å². The SMILES string of the molecule is Cc1cc(N2C(=O)c3oc4ccc(F)cc4c(=O)c3[C@H]2c2cccc(OCc3ccccc3)c2)no1. The highest BCUT2D eigenvalue weighted by Crippen LogP contribution is 2.41. The Morgan fingerprint density at radius 2 is 1.83 bits per heavy atom. The van der Waals surface area contributed by atoms with Crippen molar-refractivity contribution in [2.45, 2.75) is 19.6 Å². The first-order chi connectivity index (χ1) is 17.5. The minimum atomic E-state index is -0.874. The Hall–Kier alpha value is -4.72. The Balaban J connectivity index is 1.49. The van der Waals surface area contributed by atoms with E-state index < -0.39 is 23.2 Å². The van der Waals surface area contributed by atoms with Gasteiger partial charge in [-0.2, -0.15) is 0 Å². The molecule has 36 heavy (non-hydrogen) atoms. The molecule has 0 aliphatic carbocycles. The molecule has 1 atom stereocenters. The lowest BCUT2D eigenvalue weighted by atomic mass is 9.98. The highest BCUT2D eigenvalue weighted by atomic mass is 19.1. The summed E-state index contributed by atoms with van der Waals surface area (Å²) in [5.41, 5.74) is 1.36. The van der Waals surface area contributed by atoms with Crippen LogP contribution in [0.1, 0.15) is 39.0 Å². The molecule has 5 aromatic rings. The molecule has 3 heterocycles. The number of halogens is 1. The molecule has 1 amide bonds. The third-order valence-corrected chi connectivity index (χ3v) is 6.12. The van der Waals surface area contributed by atoms with Crippen molar-refractivity contribution in [3.8, 4) is 5.75 Å². The Bertz CT molecular complexity index is 1680. The number of anilines is 1. The first-order valence-electron chi connectivity index (χ1n) is 11.3. The molecule has 2 aromatic heterocycles. The molecule has 0 N–H and O–H groups in total. The maximum atomic E-state index is 14.0. The number of aryl methyl sites for hydroxylation is 1. The molecule has 3 aromatic carbocycles. The Morgan fingerprint density at radius 1 is 1.00 bits per heavy atom. The third kappa shape index (κ3) is 3.63. The molecule has 0 radical (unpaired) electrons. The van der Waals surface area contributed by atoms with Crippen molar-refractivity contribution in [1.29, 1.82) is 0 Å². The smallest absolute Gasteiger partial charge is 0.296 e. The second-order valence-electron chi connectivity index (χ2n) is 8.53. The van der Waals surface area contributed by atoms with Gasteiger partial charge < -0.3 is 13.7 Å². The molecular formula is C28H19FN2O5. The number of fused-ring (bicyclic) bond motifs is 2. The summed E-state index contributed by atoms with van der Waals surface area (Å²) in [4.78, 5) is 28.5. The Labute approximate surface area is 204 Å². The number of carbonyl (C=O) groups is 1. The van der Waals surface area contributed by atoms with Gasteiger partial charge in [-0.25, -0.2) is 4.39 Å². The van der Waals surface area contributed by atoms with E-state index in [1.807, 2.05) is 30.3 Å². The number of rotatable bonds is 5. The van der Waals surface area contributed by atoms with E-state index in [4.69, 9.17) is 13.7 Å². The molecule has 0 bridgehead atoms. The van der Waals surface area contributed by atoms with Crippen molar-refractivity contribution >= 4 is 22.7 Å². The summed E-state index contributed by atoms with van der Waals surface area (Å²) in [5, 5.41) is 4.07. The maximum absolute atomic E-state index is 14.0. The van der Waals surface area contributed by atoms with Gasteiger partial charge >= 0.3 is 0 Å². The highest BCUT2D eigenvalue weighted by molar-refractivity contribution is 6.10. The van der Waals surface area contributed by atoms with Gasteiger partial charge in [0.15, 0.2) is 11.2 Å². The number of nitrogens with zero attached hydrogens (tertiary/aromatic N) is 2. The summed E-state index contributed by atoms with van der Waals surface area (Å²) < 4.78 is 31.0. The quantitative estimate of drug-likeness (QED) is 0.326. The van der Waals surface area contributed by atoms with Crippen LogP contribution in [-0.2, 0) is 6.61 Å². The van der Waals surface area contributed by atoms with E-state index in [1.165, 1.54) is 17.0 Å². The number of amides is 1. The molecule has 0 spiro atoms. The van der Waals surface area contributed by atoms with Crippen molar-refractivity contribution in [3.63, 3.8) is 0 Å². The zero-order valence-corrected chi connectivity index (χ0v) is 19.1. The Morgan fingerprint density at radius 3 is 2.61 bits per heavy atom. The van der Waals surface area contributed by atoms with E-state index in [0.717, 1.165) is 11.6 Å². The van der Waals surface area contributed by atoms with Crippen LogP contribution < -0.4 is 15.1 Å². The van der Waals surface area contributed by atoms with Crippen molar-refractivity contribution in [2.75, 3.05) is 4.90 Å². The van der Waals surface area contributed by atoms with Gasteiger partial charge in [-0.1, -0.05) is 47.6 Å². The first kappa shape index (κ1) is 21.8. The lowest BCUT2D eigenvalue weighted by Crippen LogP contribution is -2.29. The van der Waals surface area contributed by atoms with Gasteiger partial charge in [0, 0.05) is 6.07 Å². The number of benzene rings is 3.